The lowest BCUT2D eigenvalue weighted by molar-refractivity contribution is -0.135. The molecule has 1 aliphatic rings. The van der Waals surface area contributed by atoms with Crippen LogP contribution in [0.3, 0.4) is 0 Å². The summed E-state index contributed by atoms with van der Waals surface area (Å²) in [6, 6.07) is 15.9. The van der Waals surface area contributed by atoms with Crippen LogP contribution in [0.15, 0.2) is 70.6 Å². The number of aliphatic imine (C=N–C) groups is 1. The topological polar surface area (TPSA) is 104 Å². The van der Waals surface area contributed by atoms with Gasteiger partial charge in [-0.05, 0) is 28.6 Å². The molecule has 1 aliphatic heterocycles. The molecule has 9 nitrogen and oxygen atoms in total. The van der Waals surface area contributed by atoms with Gasteiger partial charge in [0.05, 0.1) is 39.0 Å². The smallest absolute Gasteiger partial charge is 0.331 e. The summed E-state index contributed by atoms with van der Waals surface area (Å²) in [5, 5.41) is 1.67. The largest absolute Gasteiger partial charge is 0.493 e. The molecule has 0 bridgehead atoms. The van der Waals surface area contributed by atoms with Gasteiger partial charge in [0.15, 0.2) is 16.7 Å². The molecule has 0 radical (unpaired) electrons. The molecule has 0 atom stereocenters. The molecule has 1 fully saturated rings. The maximum absolute atomic E-state index is 13.4. The zero-order valence-electron chi connectivity index (χ0n) is 19.9. The van der Waals surface area contributed by atoms with Crippen LogP contribution in [0.4, 0.5) is 5.69 Å². The standard InChI is InChI=1S/C26H22N2O7S/c1-32-19-12-16(13-20(33-2)23(19)35-4)28-25(31)21(14-22(29)34-3)36-26(28)27-24(30)18-11-7-9-15-8-5-6-10-17(15)18/h5-14H,1-4H3/b21-14-,27-26?. The molecule has 10 heteroatoms. The lowest BCUT2D eigenvalue weighted by Crippen LogP contribution is -2.29. The van der Waals surface area contributed by atoms with E-state index < -0.39 is 17.8 Å². The highest BCUT2D eigenvalue weighted by atomic mass is 32.2. The van der Waals surface area contributed by atoms with Crippen molar-refractivity contribution in [3.8, 4) is 17.2 Å². The number of hydrogen-bond donors (Lipinski definition) is 0. The van der Waals surface area contributed by atoms with Crippen molar-refractivity contribution in [2.24, 2.45) is 4.99 Å². The summed E-state index contributed by atoms with van der Waals surface area (Å²) >= 11 is 0.884. The van der Waals surface area contributed by atoms with Gasteiger partial charge in [-0.15, -0.1) is 0 Å². The minimum absolute atomic E-state index is 0.0417. The lowest BCUT2D eigenvalue weighted by Gasteiger charge is -2.19. The van der Waals surface area contributed by atoms with Crippen LogP contribution in [0, 0.1) is 0 Å². The molecule has 0 spiro atoms. The van der Waals surface area contributed by atoms with E-state index in [-0.39, 0.29) is 10.1 Å². The Morgan fingerprint density at radius 1 is 0.917 bits per heavy atom. The van der Waals surface area contributed by atoms with Gasteiger partial charge in [0.1, 0.15) is 0 Å². The van der Waals surface area contributed by atoms with E-state index in [1.807, 2.05) is 30.3 Å². The number of ether oxygens (including phenoxy) is 4. The Morgan fingerprint density at radius 3 is 2.22 bits per heavy atom. The zero-order valence-corrected chi connectivity index (χ0v) is 20.8. The van der Waals surface area contributed by atoms with Crippen LogP contribution in [-0.4, -0.2) is 51.4 Å². The first-order valence-corrected chi connectivity index (χ1v) is 11.5. The fourth-order valence-corrected chi connectivity index (χ4v) is 4.64. The first-order chi connectivity index (χ1) is 17.4. The normalized spacial score (nSPS) is 15.4. The Morgan fingerprint density at radius 2 is 1.58 bits per heavy atom. The van der Waals surface area contributed by atoms with Gasteiger partial charge in [-0.3, -0.25) is 14.5 Å². The van der Waals surface area contributed by atoms with Crippen LogP contribution in [-0.2, 0) is 14.3 Å². The molecule has 0 saturated carbocycles. The molecule has 36 heavy (non-hydrogen) atoms. The number of thioether (sulfide) groups is 1. The average Bonchev–Trinajstić information content (AvgIpc) is 3.20. The number of amidine groups is 1. The molecular formula is C26H22N2O7S. The molecule has 184 valence electrons. The number of amides is 2. The van der Waals surface area contributed by atoms with Crippen molar-refractivity contribution in [2.75, 3.05) is 33.3 Å². The summed E-state index contributed by atoms with van der Waals surface area (Å²) in [6.07, 6.45) is 1.06. The van der Waals surface area contributed by atoms with E-state index in [9.17, 15) is 14.4 Å². The van der Waals surface area contributed by atoms with Crippen molar-refractivity contribution in [2.45, 2.75) is 0 Å². The number of carbonyl (C=O) groups is 3. The Kier molecular flexibility index (Phi) is 7.25. The predicted octanol–water partition coefficient (Wildman–Crippen LogP) is 4.20. The van der Waals surface area contributed by atoms with Gasteiger partial charge in [0.25, 0.3) is 11.8 Å². The van der Waals surface area contributed by atoms with Crippen LogP contribution >= 0.6 is 11.8 Å². The number of benzene rings is 3. The van der Waals surface area contributed by atoms with E-state index in [1.54, 1.807) is 24.3 Å². The molecule has 1 saturated heterocycles. The highest BCUT2D eigenvalue weighted by Crippen LogP contribution is 2.44. The van der Waals surface area contributed by atoms with E-state index >= 15 is 0 Å². The number of anilines is 1. The fourth-order valence-electron chi connectivity index (χ4n) is 3.70. The number of fused-ring (bicyclic) bond motifs is 1. The SMILES string of the molecule is COC(=O)/C=C1\SC(=NC(=O)c2cccc3ccccc23)N(c2cc(OC)c(OC)c(OC)c2)C1=O. The van der Waals surface area contributed by atoms with Crippen LogP contribution in [0.1, 0.15) is 10.4 Å². The van der Waals surface area contributed by atoms with Gasteiger partial charge in [-0.25, -0.2) is 4.79 Å². The molecule has 2 amide bonds. The molecule has 4 rings (SSSR count). The molecule has 0 aliphatic carbocycles. The second-order valence-electron chi connectivity index (χ2n) is 7.38. The van der Waals surface area contributed by atoms with Crippen LogP contribution in [0.5, 0.6) is 17.2 Å². The Labute approximate surface area is 211 Å². The number of hydrogen-bond acceptors (Lipinski definition) is 8. The monoisotopic (exact) mass is 506 g/mol. The number of esters is 1. The summed E-state index contributed by atoms with van der Waals surface area (Å²) in [7, 11) is 5.57. The van der Waals surface area contributed by atoms with Crippen molar-refractivity contribution in [3.63, 3.8) is 0 Å². The maximum Gasteiger partial charge on any atom is 0.331 e. The molecule has 1 heterocycles. The highest BCUT2D eigenvalue weighted by molar-refractivity contribution is 8.19. The second kappa shape index (κ2) is 10.5. The predicted molar refractivity (Wildman–Crippen MR) is 137 cm³/mol. The fraction of sp³-hybridized carbons (Fsp3) is 0.154. The van der Waals surface area contributed by atoms with E-state index in [2.05, 4.69) is 9.73 Å². The van der Waals surface area contributed by atoms with Crippen LogP contribution in [0.2, 0.25) is 0 Å². The zero-order chi connectivity index (χ0) is 25.8. The van der Waals surface area contributed by atoms with Gasteiger partial charge in [0.2, 0.25) is 5.75 Å². The van der Waals surface area contributed by atoms with Crippen LogP contribution < -0.4 is 19.1 Å². The van der Waals surface area contributed by atoms with E-state index in [1.165, 1.54) is 33.3 Å². The molecule has 3 aromatic rings. The minimum atomic E-state index is -0.711. The third-order valence-electron chi connectivity index (χ3n) is 5.38. The molecular weight excluding hydrogens is 484 g/mol. The number of nitrogens with zero attached hydrogens (tertiary/aromatic N) is 2. The van der Waals surface area contributed by atoms with Gasteiger partial charge in [-0.2, -0.15) is 4.99 Å². The van der Waals surface area contributed by atoms with Crippen molar-refractivity contribution in [1.82, 2.24) is 0 Å². The van der Waals surface area contributed by atoms with E-state index in [0.717, 1.165) is 28.6 Å². The van der Waals surface area contributed by atoms with Crippen molar-refractivity contribution >= 4 is 51.2 Å². The molecule has 0 N–H and O–H groups in total. The van der Waals surface area contributed by atoms with Gasteiger partial charge < -0.3 is 18.9 Å². The Bertz CT molecular complexity index is 1400. The van der Waals surface area contributed by atoms with Gasteiger partial charge in [0, 0.05) is 23.8 Å². The number of rotatable bonds is 6. The Balaban J connectivity index is 1.86. The summed E-state index contributed by atoms with van der Waals surface area (Å²) < 4.78 is 20.9. The Hall–Kier alpha value is -4.31. The van der Waals surface area contributed by atoms with E-state index in [4.69, 9.17) is 14.2 Å². The lowest BCUT2D eigenvalue weighted by atomic mass is 10.0. The summed E-state index contributed by atoms with van der Waals surface area (Å²) in [5.41, 5.74) is 0.684. The van der Waals surface area contributed by atoms with Crippen LogP contribution in [0.25, 0.3) is 10.8 Å². The summed E-state index contributed by atoms with van der Waals surface area (Å²) in [5.74, 6) is -0.886. The number of methoxy groups -OCH3 is 4. The first kappa shape index (κ1) is 24.8. The quantitative estimate of drug-likeness (QED) is 0.362. The minimum Gasteiger partial charge on any atom is -0.493 e. The first-order valence-electron chi connectivity index (χ1n) is 10.6. The third-order valence-corrected chi connectivity index (χ3v) is 6.35. The third kappa shape index (κ3) is 4.63. The summed E-state index contributed by atoms with van der Waals surface area (Å²) in [6.45, 7) is 0. The van der Waals surface area contributed by atoms with Crippen molar-refractivity contribution in [1.29, 1.82) is 0 Å². The van der Waals surface area contributed by atoms with Gasteiger partial charge in [-0.1, -0.05) is 36.4 Å². The number of carbonyl (C=O) groups excluding carboxylic acids is 3. The summed E-state index contributed by atoms with van der Waals surface area (Å²) in [4.78, 5) is 44.1. The van der Waals surface area contributed by atoms with Crippen molar-refractivity contribution in [3.05, 3.63) is 71.1 Å². The highest BCUT2D eigenvalue weighted by Gasteiger charge is 2.37. The van der Waals surface area contributed by atoms with E-state index in [0.29, 0.717) is 28.5 Å². The molecule has 3 aromatic carbocycles. The average molecular weight is 507 g/mol. The van der Waals surface area contributed by atoms with Gasteiger partial charge >= 0.3 is 5.97 Å². The second-order valence-corrected chi connectivity index (χ2v) is 8.39. The molecule has 0 unspecified atom stereocenters. The maximum atomic E-state index is 13.4. The molecule has 0 aromatic heterocycles. The van der Waals surface area contributed by atoms with Crippen molar-refractivity contribution < 1.29 is 33.3 Å².